The number of hydrogen-bond donors (Lipinski definition) is 2. The van der Waals surface area contributed by atoms with Gasteiger partial charge in [-0.3, -0.25) is 0 Å². The molecule has 1 aromatic heterocycles. The molecule has 3 rings (SSSR count). The molecule has 4 nitrogen and oxygen atoms in total. The van der Waals surface area contributed by atoms with E-state index in [0.717, 1.165) is 30.0 Å². The number of nitrogens with one attached hydrogen (secondary N) is 2. The van der Waals surface area contributed by atoms with Crippen LogP contribution in [0.2, 0.25) is 0 Å². The van der Waals surface area contributed by atoms with Crippen molar-refractivity contribution in [1.82, 2.24) is 9.97 Å². The Labute approximate surface area is 117 Å². The molecule has 0 saturated carbocycles. The van der Waals surface area contributed by atoms with Crippen molar-refractivity contribution in [3.63, 3.8) is 0 Å². The average molecular weight is 272 g/mol. The number of H-pyrrole nitrogens is 1. The third-order valence-electron chi connectivity index (χ3n) is 3.37. The molecule has 19 heavy (non-hydrogen) atoms. The van der Waals surface area contributed by atoms with Gasteiger partial charge in [-0.15, -0.1) is 0 Å². The highest BCUT2D eigenvalue weighted by atomic mass is 32.1. The second-order valence-electron chi connectivity index (χ2n) is 4.86. The fourth-order valence-electron chi connectivity index (χ4n) is 2.37. The van der Waals surface area contributed by atoms with Crippen LogP contribution in [0.4, 0.5) is 11.5 Å². The normalized spacial score (nSPS) is 12.9. The van der Waals surface area contributed by atoms with Crippen molar-refractivity contribution in [2.24, 2.45) is 0 Å². The Morgan fingerprint density at radius 3 is 2.63 bits per heavy atom. The maximum absolute atomic E-state index is 5.19. The second kappa shape index (κ2) is 4.66. The molecule has 0 saturated heterocycles. The SMILES string of the molecule is CN(C)c1ccc(-c2[nH]c(=S)nc3c2CCN3)cc1. The van der Waals surface area contributed by atoms with E-state index in [2.05, 4.69) is 44.5 Å². The number of aromatic amines is 1. The lowest BCUT2D eigenvalue weighted by atomic mass is 10.1. The van der Waals surface area contributed by atoms with Crippen molar-refractivity contribution >= 4 is 23.7 Å². The molecule has 1 aromatic carbocycles. The number of rotatable bonds is 2. The van der Waals surface area contributed by atoms with Crippen LogP contribution in [0.1, 0.15) is 5.56 Å². The fraction of sp³-hybridized carbons (Fsp3) is 0.286. The zero-order chi connectivity index (χ0) is 13.4. The van der Waals surface area contributed by atoms with Crippen LogP contribution in [0.15, 0.2) is 24.3 Å². The zero-order valence-electron chi connectivity index (χ0n) is 11.0. The van der Waals surface area contributed by atoms with Gasteiger partial charge in [0.15, 0.2) is 4.77 Å². The van der Waals surface area contributed by atoms with E-state index in [1.807, 2.05) is 14.1 Å². The highest BCUT2D eigenvalue weighted by molar-refractivity contribution is 7.71. The summed E-state index contributed by atoms with van der Waals surface area (Å²) in [6.45, 7) is 0.928. The minimum atomic E-state index is 0.528. The van der Waals surface area contributed by atoms with Crippen LogP contribution in [0.5, 0.6) is 0 Å². The van der Waals surface area contributed by atoms with Crippen molar-refractivity contribution in [2.45, 2.75) is 6.42 Å². The zero-order valence-corrected chi connectivity index (χ0v) is 11.8. The Bertz CT molecular complexity index is 658. The van der Waals surface area contributed by atoms with Crippen molar-refractivity contribution in [3.8, 4) is 11.3 Å². The minimum absolute atomic E-state index is 0.528. The van der Waals surface area contributed by atoms with Crippen LogP contribution >= 0.6 is 12.2 Å². The fourth-order valence-corrected chi connectivity index (χ4v) is 2.56. The van der Waals surface area contributed by atoms with E-state index in [0.29, 0.717) is 4.77 Å². The number of benzene rings is 1. The van der Waals surface area contributed by atoms with E-state index in [-0.39, 0.29) is 0 Å². The Morgan fingerprint density at radius 1 is 1.21 bits per heavy atom. The molecule has 0 amide bonds. The summed E-state index contributed by atoms with van der Waals surface area (Å²) in [5.74, 6) is 0.926. The number of nitrogens with zero attached hydrogens (tertiary/aromatic N) is 2. The van der Waals surface area contributed by atoms with Gasteiger partial charge in [-0.05, 0) is 36.3 Å². The average Bonchev–Trinajstić information content (AvgIpc) is 2.85. The van der Waals surface area contributed by atoms with Gasteiger partial charge >= 0.3 is 0 Å². The highest BCUT2D eigenvalue weighted by Gasteiger charge is 2.17. The third kappa shape index (κ3) is 2.21. The maximum Gasteiger partial charge on any atom is 0.199 e. The number of aromatic nitrogens is 2. The lowest BCUT2D eigenvalue weighted by Crippen LogP contribution is -2.08. The van der Waals surface area contributed by atoms with Crippen molar-refractivity contribution in [3.05, 3.63) is 34.6 Å². The first-order valence-electron chi connectivity index (χ1n) is 6.30. The first-order valence-corrected chi connectivity index (χ1v) is 6.71. The number of hydrogen-bond acceptors (Lipinski definition) is 4. The summed E-state index contributed by atoms with van der Waals surface area (Å²) in [5, 5.41) is 3.27. The summed E-state index contributed by atoms with van der Waals surface area (Å²) in [6.07, 6.45) is 0.985. The van der Waals surface area contributed by atoms with E-state index in [1.165, 1.54) is 11.3 Å². The molecular weight excluding hydrogens is 256 g/mol. The summed E-state index contributed by atoms with van der Waals surface area (Å²) in [5.41, 5.74) is 4.65. The van der Waals surface area contributed by atoms with E-state index in [1.54, 1.807) is 0 Å². The second-order valence-corrected chi connectivity index (χ2v) is 5.25. The van der Waals surface area contributed by atoms with Crippen LogP contribution < -0.4 is 10.2 Å². The smallest absolute Gasteiger partial charge is 0.199 e. The summed E-state index contributed by atoms with van der Waals surface area (Å²) in [6, 6.07) is 8.46. The van der Waals surface area contributed by atoms with Crippen LogP contribution in [0, 0.1) is 4.77 Å². The van der Waals surface area contributed by atoms with Gasteiger partial charge in [0.1, 0.15) is 5.82 Å². The number of anilines is 2. The van der Waals surface area contributed by atoms with Gasteiger partial charge in [-0.2, -0.15) is 0 Å². The van der Waals surface area contributed by atoms with Gasteiger partial charge in [0.25, 0.3) is 0 Å². The van der Waals surface area contributed by atoms with E-state index in [4.69, 9.17) is 12.2 Å². The monoisotopic (exact) mass is 272 g/mol. The van der Waals surface area contributed by atoms with E-state index in [9.17, 15) is 0 Å². The van der Waals surface area contributed by atoms with Crippen LogP contribution in [-0.4, -0.2) is 30.6 Å². The summed E-state index contributed by atoms with van der Waals surface area (Å²) in [7, 11) is 4.08. The Hall–Kier alpha value is -1.88. The molecule has 1 aliphatic heterocycles. The van der Waals surface area contributed by atoms with Crippen LogP contribution in [0.25, 0.3) is 11.3 Å². The van der Waals surface area contributed by atoms with E-state index >= 15 is 0 Å². The predicted molar refractivity (Wildman–Crippen MR) is 81.4 cm³/mol. The van der Waals surface area contributed by atoms with E-state index < -0.39 is 0 Å². The van der Waals surface area contributed by atoms with Gasteiger partial charge in [-0.1, -0.05) is 12.1 Å². The van der Waals surface area contributed by atoms with Crippen molar-refractivity contribution in [2.75, 3.05) is 30.9 Å². The molecule has 2 heterocycles. The standard InChI is InChI=1S/C14H16N4S/c1-18(2)10-5-3-9(4-6-10)12-11-7-8-15-13(11)17-14(19)16-12/h3-6H,7-8H2,1-2H3,(H2,15,16,17,19). The maximum atomic E-state index is 5.19. The molecule has 0 aliphatic carbocycles. The molecule has 2 aromatic rings. The minimum Gasteiger partial charge on any atom is -0.378 e. The molecule has 0 atom stereocenters. The molecular formula is C14H16N4S. The molecule has 1 aliphatic rings. The lowest BCUT2D eigenvalue weighted by molar-refractivity contribution is 1.08. The Balaban J connectivity index is 2.09. The first kappa shape index (κ1) is 12.2. The quantitative estimate of drug-likeness (QED) is 0.825. The molecule has 0 spiro atoms. The Morgan fingerprint density at radius 2 is 1.95 bits per heavy atom. The molecule has 2 N–H and O–H groups in total. The van der Waals surface area contributed by atoms with Gasteiger partial charge in [0.05, 0.1) is 5.69 Å². The summed E-state index contributed by atoms with van der Waals surface area (Å²) < 4.78 is 0.528. The summed E-state index contributed by atoms with van der Waals surface area (Å²) in [4.78, 5) is 9.64. The van der Waals surface area contributed by atoms with Crippen LogP contribution in [0.3, 0.4) is 0 Å². The lowest BCUT2D eigenvalue weighted by Gasteiger charge is -2.13. The molecule has 0 unspecified atom stereocenters. The van der Waals surface area contributed by atoms with Gasteiger partial charge in [0.2, 0.25) is 0 Å². The Kier molecular flexibility index (Phi) is 2.98. The van der Waals surface area contributed by atoms with Crippen molar-refractivity contribution in [1.29, 1.82) is 0 Å². The topological polar surface area (TPSA) is 44.0 Å². The largest absolute Gasteiger partial charge is 0.378 e. The predicted octanol–water partition coefficient (Wildman–Crippen LogP) is 2.84. The molecule has 98 valence electrons. The highest BCUT2D eigenvalue weighted by Crippen LogP contribution is 2.30. The van der Waals surface area contributed by atoms with Gasteiger partial charge in [0, 0.05) is 31.9 Å². The number of fused-ring (bicyclic) bond motifs is 1. The molecule has 0 bridgehead atoms. The van der Waals surface area contributed by atoms with Crippen molar-refractivity contribution < 1.29 is 0 Å². The van der Waals surface area contributed by atoms with Gasteiger partial charge < -0.3 is 15.2 Å². The third-order valence-corrected chi connectivity index (χ3v) is 3.57. The van der Waals surface area contributed by atoms with Crippen LogP contribution in [-0.2, 0) is 6.42 Å². The molecule has 5 heteroatoms. The first-order chi connectivity index (χ1) is 9.15. The summed E-state index contributed by atoms with van der Waals surface area (Å²) >= 11 is 5.19. The van der Waals surface area contributed by atoms with Gasteiger partial charge in [-0.25, -0.2) is 4.98 Å². The molecule has 0 radical (unpaired) electrons. The molecule has 0 fully saturated rings.